The van der Waals surface area contributed by atoms with Crippen molar-refractivity contribution in [3.8, 4) is 0 Å². The van der Waals surface area contributed by atoms with E-state index in [0.717, 1.165) is 5.56 Å². The van der Waals surface area contributed by atoms with Gasteiger partial charge in [-0.3, -0.25) is 0 Å². The molecule has 0 aromatic carbocycles. The molecule has 88 valence electrons. The third-order valence-electron chi connectivity index (χ3n) is 3.49. The van der Waals surface area contributed by atoms with Crippen molar-refractivity contribution >= 4 is 7.12 Å². The molecule has 1 aliphatic rings. The first-order valence-electron chi connectivity index (χ1n) is 5.47. The van der Waals surface area contributed by atoms with Gasteiger partial charge in [0.05, 0.1) is 29.7 Å². The number of rotatable bonds is 2. The van der Waals surface area contributed by atoms with Crippen LogP contribution in [0.4, 0.5) is 0 Å². The molecule has 2 N–H and O–H groups in total. The molecule has 1 aromatic heterocycles. The van der Waals surface area contributed by atoms with Gasteiger partial charge in [-0.15, -0.1) is 0 Å². The molecular weight excluding hydrogens is 205 g/mol. The van der Waals surface area contributed by atoms with E-state index in [9.17, 15) is 0 Å². The summed E-state index contributed by atoms with van der Waals surface area (Å²) in [6.07, 6.45) is 3.22. The minimum atomic E-state index is -0.428. The van der Waals surface area contributed by atoms with E-state index in [1.165, 1.54) is 0 Å². The molecule has 0 unspecified atom stereocenters. The monoisotopic (exact) mass is 223 g/mol. The molecule has 1 fully saturated rings. The maximum Gasteiger partial charge on any atom is 0.480 e. The molecule has 0 aliphatic carbocycles. The Hall–Kier alpha value is -0.775. The van der Waals surface area contributed by atoms with E-state index >= 15 is 0 Å². The standard InChI is InChI=1S/C11H18BNO3/c1-10(2)11(3,4)16-12(15-10)9(13)8-5-6-14-7-8/h5-7,9H,13H2,1-4H3/t9-/m1/s1. The Bertz CT molecular complexity index is 345. The second-order valence-electron chi connectivity index (χ2n) is 5.21. The largest absolute Gasteiger partial charge is 0.480 e. The Morgan fingerprint density at radius 2 is 1.75 bits per heavy atom. The van der Waals surface area contributed by atoms with Gasteiger partial charge in [0.15, 0.2) is 0 Å². The molecule has 1 atom stereocenters. The van der Waals surface area contributed by atoms with Crippen molar-refractivity contribution < 1.29 is 13.7 Å². The first kappa shape index (κ1) is 11.7. The maximum atomic E-state index is 6.08. The minimum absolute atomic E-state index is 0.320. The fourth-order valence-corrected chi connectivity index (χ4v) is 1.66. The van der Waals surface area contributed by atoms with Gasteiger partial charge in [-0.1, -0.05) is 0 Å². The summed E-state index contributed by atoms with van der Waals surface area (Å²) in [7, 11) is -0.428. The molecule has 2 rings (SSSR count). The summed E-state index contributed by atoms with van der Waals surface area (Å²) in [5.74, 6) is -0.320. The van der Waals surface area contributed by atoms with E-state index in [1.54, 1.807) is 12.5 Å². The SMILES string of the molecule is CC1(C)OB([C@H](N)c2ccoc2)OC1(C)C. The van der Waals surface area contributed by atoms with E-state index in [1.807, 2.05) is 33.8 Å². The maximum absolute atomic E-state index is 6.08. The number of hydrogen-bond donors (Lipinski definition) is 1. The van der Waals surface area contributed by atoms with Gasteiger partial charge < -0.3 is 19.5 Å². The predicted octanol–water partition coefficient (Wildman–Crippen LogP) is 1.91. The van der Waals surface area contributed by atoms with Gasteiger partial charge in [0.1, 0.15) is 0 Å². The molecule has 5 heteroatoms. The highest BCUT2D eigenvalue weighted by molar-refractivity contribution is 6.47. The van der Waals surface area contributed by atoms with E-state index in [-0.39, 0.29) is 17.1 Å². The summed E-state index contributed by atoms with van der Waals surface area (Å²) in [6.45, 7) is 8.04. The molecule has 0 bridgehead atoms. The van der Waals surface area contributed by atoms with Crippen molar-refractivity contribution in [2.24, 2.45) is 5.73 Å². The highest BCUT2D eigenvalue weighted by atomic mass is 16.7. The van der Waals surface area contributed by atoms with Gasteiger partial charge in [-0.2, -0.15) is 0 Å². The van der Waals surface area contributed by atoms with Crippen molar-refractivity contribution in [3.63, 3.8) is 0 Å². The fourth-order valence-electron chi connectivity index (χ4n) is 1.66. The summed E-state index contributed by atoms with van der Waals surface area (Å²) in [6, 6.07) is 1.83. The van der Waals surface area contributed by atoms with E-state index in [2.05, 4.69) is 0 Å². The first-order chi connectivity index (χ1) is 7.33. The Labute approximate surface area is 96.2 Å². The van der Waals surface area contributed by atoms with Crippen molar-refractivity contribution in [3.05, 3.63) is 24.2 Å². The molecule has 0 radical (unpaired) electrons. The molecule has 1 aromatic rings. The zero-order chi connectivity index (χ0) is 12.0. The van der Waals surface area contributed by atoms with Crippen LogP contribution in [0.5, 0.6) is 0 Å². The van der Waals surface area contributed by atoms with Crippen molar-refractivity contribution in [1.82, 2.24) is 0 Å². The van der Waals surface area contributed by atoms with Gasteiger partial charge in [0.2, 0.25) is 0 Å². The Balaban J connectivity index is 2.15. The van der Waals surface area contributed by atoms with Crippen LogP contribution in [0.15, 0.2) is 23.0 Å². The van der Waals surface area contributed by atoms with Crippen LogP contribution in [-0.2, 0) is 9.31 Å². The molecule has 1 saturated heterocycles. The highest BCUT2D eigenvalue weighted by Gasteiger charge is 2.53. The third kappa shape index (κ3) is 1.79. The Kier molecular flexibility index (Phi) is 2.65. The van der Waals surface area contributed by atoms with Gasteiger partial charge in [-0.25, -0.2) is 0 Å². The second-order valence-corrected chi connectivity index (χ2v) is 5.21. The van der Waals surface area contributed by atoms with E-state index in [4.69, 9.17) is 19.5 Å². The third-order valence-corrected chi connectivity index (χ3v) is 3.49. The second kappa shape index (κ2) is 3.62. The molecule has 4 nitrogen and oxygen atoms in total. The number of nitrogens with two attached hydrogens (primary N) is 1. The zero-order valence-corrected chi connectivity index (χ0v) is 10.2. The summed E-state index contributed by atoms with van der Waals surface area (Å²) >= 11 is 0. The Morgan fingerprint density at radius 3 is 2.19 bits per heavy atom. The number of furan rings is 1. The lowest BCUT2D eigenvalue weighted by Crippen LogP contribution is -2.41. The molecule has 0 saturated carbocycles. The lowest BCUT2D eigenvalue weighted by molar-refractivity contribution is 0.00578. The van der Waals surface area contributed by atoms with Crippen LogP contribution >= 0.6 is 0 Å². The fraction of sp³-hybridized carbons (Fsp3) is 0.636. The van der Waals surface area contributed by atoms with Crippen molar-refractivity contribution in [1.29, 1.82) is 0 Å². The van der Waals surface area contributed by atoms with E-state index < -0.39 is 7.12 Å². The average Bonchev–Trinajstić information content (AvgIpc) is 2.72. The van der Waals surface area contributed by atoms with Gasteiger partial charge in [0.25, 0.3) is 0 Å². The van der Waals surface area contributed by atoms with Crippen LogP contribution in [0.1, 0.15) is 39.2 Å². The summed E-state index contributed by atoms with van der Waals surface area (Å²) in [5, 5.41) is 0. The summed E-state index contributed by atoms with van der Waals surface area (Å²) < 4.78 is 16.7. The highest BCUT2D eigenvalue weighted by Crippen LogP contribution is 2.39. The molecular formula is C11H18BNO3. The smallest absolute Gasteiger partial charge is 0.472 e. The minimum Gasteiger partial charge on any atom is -0.472 e. The summed E-state index contributed by atoms with van der Waals surface area (Å²) in [5.41, 5.74) is 6.27. The van der Waals surface area contributed by atoms with Crippen LogP contribution in [0, 0.1) is 0 Å². The topological polar surface area (TPSA) is 57.6 Å². The van der Waals surface area contributed by atoms with E-state index in [0.29, 0.717) is 0 Å². The summed E-state index contributed by atoms with van der Waals surface area (Å²) in [4.78, 5) is 0. The zero-order valence-electron chi connectivity index (χ0n) is 10.2. The number of hydrogen-bond acceptors (Lipinski definition) is 4. The van der Waals surface area contributed by atoms with Crippen LogP contribution in [0.2, 0.25) is 0 Å². The van der Waals surface area contributed by atoms with Gasteiger partial charge >= 0.3 is 7.12 Å². The van der Waals surface area contributed by atoms with Crippen LogP contribution in [0.25, 0.3) is 0 Å². The lowest BCUT2D eigenvalue weighted by atomic mass is 9.76. The molecule has 16 heavy (non-hydrogen) atoms. The predicted molar refractivity (Wildman–Crippen MR) is 61.7 cm³/mol. The van der Waals surface area contributed by atoms with Crippen molar-refractivity contribution in [2.45, 2.75) is 44.8 Å². The van der Waals surface area contributed by atoms with Gasteiger partial charge in [0, 0.05) is 5.56 Å². The lowest BCUT2D eigenvalue weighted by Gasteiger charge is -2.32. The normalized spacial score (nSPS) is 24.7. The first-order valence-corrected chi connectivity index (χ1v) is 5.47. The molecule has 1 aliphatic heterocycles. The molecule has 2 heterocycles. The average molecular weight is 223 g/mol. The van der Waals surface area contributed by atoms with Crippen molar-refractivity contribution in [2.75, 3.05) is 0 Å². The van der Waals surface area contributed by atoms with Crippen LogP contribution in [-0.4, -0.2) is 18.3 Å². The molecule has 0 amide bonds. The molecule has 0 spiro atoms. The van der Waals surface area contributed by atoms with Crippen LogP contribution < -0.4 is 5.73 Å². The quantitative estimate of drug-likeness (QED) is 0.778. The van der Waals surface area contributed by atoms with Crippen LogP contribution in [0.3, 0.4) is 0 Å². The Morgan fingerprint density at radius 1 is 1.19 bits per heavy atom. The van der Waals surface area contributed by atoms with Gasteiger partial charge in [-0.05, 0) is 33.8 Å².